The van der Waals surface area contributed by atoms with Gasteiger partial charge in [-0.3, -0.25) is 4.90 Å². The Kier molecular flexibility index (Phi) is 6.35. The first-order valence-corrected chi connectivity index (χ1v) is 9.27. The van der Waals surface area contributed by atoms with Gasteiger partial charge in [-0.25, -0.2) is 0 Å². The van der Waals surface area contributed by atoms with E-state index in [9.17, 15) is 5.11 Å². The molecule has 2 atom stereocenters. The van der Waals surface area contributed by atoms with Crippen LogP contribution in [0.5, 0.6) is 11.5 Å². The van der Waals surface area contributed by atoms with Crippen molar-refractivity contribution in [2.75, 3.05) is 45.9 Å². The lowest BCUT2D eigenvalue weighted by Gasteiger charge is -2.37. The van der Waals surface area contributed by atoms with Gasteiger partial charge in [0.2, 0.25) is 0 Å². The maximum absolute atomic E-state index is 10.5. The molecule has 1 aromatic carbocycles. The Labute approximate surface area is 145 Å². The normalized spacial score (nSPS) is 23.2. The van der Waals surface area contributed by atoms with Gasteiger partial charge in [-0.15, -0.1) is 0 Å². The molecule has 5 heteroatoms. The topological polar surface area (TPSA) is 45.2 Å². The van der Waals surface area contributed by atoms with Crippen molar-refractivity contribution in [2.45, 2.75) is 38.4 Å². The summed E-state index contributed by atoms with van der Waals surface area (Å²) in [5.74, 6) is 1.50. The fraction of sp³-hybridized carbons (Fsp3) is 0.684. The van der Waals surface area contributed by atoms with Crippen LogP contribution in [0, 0.1) is 0 Å². The van der Waals surface area contributed by atoms with Gasteiger partial charge >= 0.3 is 0 Å². The molecule has 5 nitrogen and oxygen atoms in total. The first kappa shape index (κ1) is 17.5. The predicted octanol–water partition coefficient (Wildman–Crippen LogP) is 2.00. The second-order valence-corrected chi connectivity index (χ2v) is 6.83. The average molecular weight is 334 g/mol. The van der Waals surface area contributed by atoms with Crippen LogP contribution < -0.4 is 9.47 Å². The molecule has 134 valence electrons. The summed E-state index contributed by atoms with van der Waals surface area (Å²) >= 11 is 0. The predicted molar refractivity (Wildman–Crippen MR) is 94.8 cm³/mol. The number of rotatable bonds is 7. The molecular weight excluding hydrogens is 304 g/mol. The number of aliphatic hydroxyl groups excluding tert-OH is 1. The molecule has 0 bridgehead atoms. The van der Waals surface area contributed by atoms with Gasteiger partial charge in [0.25, 0.3) is 0 Å². The SMILES string of the molecule is CCCCCN1CCN(CC(O)C2COc3ccccc3O2)CC1. The number of β-amino-alcohol motifs (C(OH)–C–C–N with tert-alkyl or cyclic N) is 1. The molecule has 1 N–H and O–H groups in total. The van der Waals surface area contributed by atoms with Crippen molar-refractivity contribution in [3.8, 4) is 11.5 Å². The fourth-order valence-electron chi connectivity index (χ4n) is 3.39. The number of hydrogen-bond donors (Lipinski definition) is 1. The van der Waals surface area contributed by atoms with Gasteiger partial charge in [0, 0.05) is 32.7 Å². The van der Waals surface area contributed by atoms with Crippen LogP contribution >= 0.6 is 0 Å². The van der Waals surface area contributed by atoms with Crippen LogP contribution in [0.15, 0.2) is 24.3 Å². The molecular formula is C19H30N2O3. The largest absolute Gasteiger partial charge is 0.486 e. The number of ether oxygens (including phenoxy) is 2. The van der Waals surface area contributed by atoms with Crippen LogP contribution in [0.3, 0.4) is 0 Å². The number of nitrogens with zero attached hydrogens (tertiary/aromatic N) is 2. The summed E-state index contributed by atoms with van der Waals surface area (Å²) in [5, 5.41) is 10.5. The van der Waals surface area contributed by atoms with Crippen LogP contribution in [0.25, 0.3) is 0 Å². The maximum Gasteiger partial charge on any atom is 0.161 e. The summed E-state index contributed by atoms with van der Waals surface area (Å²) in [7, 11) is 0. The zero-order valence-electron chi connectivity index (χ0n) is 14.7. The Bertz CT molecular complexity index is 503. The van der Waals surface area contributed by atoms with Crippen LogP contribution in [0.4, 0.5) is 0 Å². The van der Waals surface area contributed by atoms with Crippen molar-refractivity contribution < 1.29 is 14.6 Å². The molecule has 1 aromatic rings. The van der Waals surface area contributed by atoms with Crippen molar-refractivity contribution in [3.05, 3.63) is 24.3 Å². The molecule has 0 amide bonds. The van der Waals surface area contributed by atoms with E-state index in [0.29, 0.717) is 13.2 Å². The Morgan fingerprint density at radius 2 is 1.79 bits per heavy atom. The first-order chi connectivity index (χ1) is 11.8. The molecule has 3 rings (SSSR count). The number of fused-ring (bicyclic) bond motifs is 1. The number of aliphatic hydroxyl groups is 1. The van der Waals surface area contributed by atoms with Crippen LogP contribution in [-0.4, -0.2) is 73.0 Å². The molecule has 1 saturated heterocycles. The lowest BCUT2D eigenvalue weighted by atomic mass is 10.1. The zero-order valence-corrected chi connectivity index (χ0v) is 14.7. The number of para-hydroxylation sites is 2. The third-order valence-corrected chi connectivity index (χ3v) is 4.95. The van der Waals surface area contributed by atoms with Gasteiger partial charge in [-0.05, 0) is 25.1 Å². The molecule has 0 radical (unpaired) electrons. The number of hydrogen-bond acceptors (Lipinski definition) is 5. The standard InChI is InChI=1S/C19H30N2O3/c1-2-3-6-9-20-10-12-21(13-11-20)14-16(22)19-15-23-17-7-4-5-8-18(17)24-19/h4-5,7-8,16,19,22H,2-3,6,9-15H2,1H3. The van der Waals surface area contributed by atoms with E-state index in [0.717, 1.165) is 37.7 Å². The second kappa shape index (κ2) is 8.70. The number of piperazine rings is 1. The summed E-state index contributed by atoms with van der Waals surface area (Å²) in [6, 6.07) is 7.65. The highest BCUT2D eigenvalue weighted by Gasteiger charge is 2.29. The average Bonchev–Trinajstić information content (AvgIpc) is 2.63. The van der Waals surface area contributed by atoms with Crippen molar-refractivity contribution in [2.24, 2.45) is 0 Å². The molecule has 0 saturated carbocycles. The van der Waals surface area contributed by atoms with Gasteiger partial charge in [0.05, 0.1) is 0 Å². The van der Waals surface area contributed by atoms with Gasteiger partial charge in [-0.1, -0.05) is 31.9 Å². The minimum atomic E-state index is -0.523. The van der Waals surface area contributed by atoms with E-state index in [-0.39, 0.29) is 6.10 Å². The van der Waals surface area contributed by atoms with E-state index in [1.54, 1.807) is 0 Å². The quantitative estimate of drug-likeness (QED) is 0.773. The van der Waals surface area contributed by atoms with E-state index < -0.39 is 6.10 Å². The van der Waals surface area contributed by atoms with E-state index >= 15 is 0 Å². The van der Waals surface area contributed by atoms with Gasteiger partial charge in [0.1, 0.15) is 12.7 Å². The number of unbranched alkanes of at least 4 members (excludes halogenated alkanes) is 2. The highest BCUT2D eigenvalue weighted by molar-refractivity contribution is 5.40. The number of benzene rings is 1. The molecule has 2 heterocycles. The molecule has 2 aliphatic rings. The van der Waals surface area contributed by atoms with E-state index in [2.05, 4.69) is 16.7 Å². The summed E-state index contributed by atoms with van der Waals surface area (Å²) in [5.41, 5.74) is 0. The van der Waals surface area contributed by atoms with Crippen molar-refractivity contribution in [1.29, 1.82) is 0 Å². The summed E-state index contributed by atoms with van der Waals surface area (Å²) in [4.78, 5) is 4.87. The Hall–Kier alpha value is -1.30. The lowest BCUT2D eigenvalue weighted by Crippen LogP contribution is -2.52. The van der Waals surface area contributed by atoms with Gasteiger partial charge in [-0.2, -0.15) is 0 Å². The fourth-order valence-corrected chi connectivity index (χ4v) is 3.39. The summed E-state index contributed by atoms with van der Waals surface area (Å²) in [6.07, 6.45) is 3.08. The highest BCUT2D eigenvalue weighted by atomic mass is 16.6. The van der Waals surface area contributed by atoms with E-state index in [4.69, 9.17) is 9.47 Å². The van der Waals surface area contributed by atoms with Crippen LogP contribution in [0.1, 0.15) is 26.2 Å². The van der Waals surface area contributed by atoms with E-state index in [1.807, 2.05) is 24.3 Å². The van der Waals surface area contributed by atoms with Crippen molar-refractivity contribution >= 4 is 0 Å². The lowest BCUT2D eigenvalue weighted by molar-refractivity contribution is -0.0310. The Morgan fingerprint density at radius 1 is 1.08 bits per heavy atom. The maximum atomic E-state index is 10.5. The van der Waals surface area contributed by atoms with Crippen LogP contribution in [-0.2, 0) is 0 Å². The molecule has 0 aliphatic carbocycles. The minimum absolute atomic E-state index is 0.289. The van der Waals surface area contributed by atoms with Crippen molar-refractivity contribution in [1.82, 2.24) is 9.80 Å². The van der Waals surface area contributed by atoms with Gasteiger partial charge < -0.3 is 19.5 Å². The minimum Gasteiger partial charge on any atom is -0.486 e. The second-order valence-electron chi connectivity index (χ2n) is 6.83. The monoisotopic (exact) mass is 334 g/mol. The summed E-state index contributed by atoms with van der Waals surface area (Å²) < 4.78 is 11.6. The van der Waals surface area contributed by atoms with Crippen LogP contribution in [0.2, 0.25) is 0 Å². The molecule has 0 spiro atoms. The molecule has 2 unspecified atom stereocenters. The molecule has 2 aliphatic heterocycles. The van der Waals surface area contributed by atoms with E-state index in [1.165, 1.54) is 25.8 Å². The third-order valence-electron chi connectivity index (χ3n) is 4.95. The van der Waals surface area contributed by atoms with Gasteiger partial charge in [0.15, 0.2) is 17.6 Å². The zero-order chi connectivity index (χ0) is 16.8. The first-order valence-electron chi connectivity index (χ1n) is 9.27. The summed E-state index contributed by atoms with van der Waals surface area (Å²) in [6.45, 7) is 8.76. The Balaban J connectivity index is 1.41. The Morgan fingerprint density at radius 3 is 2.54 bits per heavy atom. The highest BCUT2D eigenvalue weighted by Crippen LogP contribution is 2.31. The van der Waals surface area contributed by atoms with Crippen molar-refractivity contribution in [3.63, 3.8) is 0 Å². The molecule has 0 aromatic heterocycles. The third kappa shape index (κ3) is 4.62. The smallest absolute Gasteiger partial charge is 0.161 e. The molecule has 1 fully saturated rings. The molecule has 24 heavy (non-hydrogen) atoms.